The van der Waals surface area contributed by atoms with Crippen molar-refractivity contribution in [3.8, 4) is 0 Å². The molecule has 1 heterocycles. The summed E-state index contributed by atoms with van der Waals surface area (Å²) in [6.07, 6.45) is 3.41. The molecule has 1 aromatic rings. The van der Waals surface area contributed by atoms with Crippen LogP contribution >= 0.6 is 11.6 Å². The first-order valence-corrected chi connectivity index (χ1v) is 3.50. The Morgan fingerprint density at radius 2 is 2.60 bits per heavy atom. The fourth-order valence-corrected chi connectivity index (χ4v) is 1.05. The standard InChI is InChI=1S/C7H9ClN2/c1-3-6-7(8)9-5-10(6)4-2/h3,5H,1,4H2,2H3. The number of rotatable bonds is 2. The molecule has 0 bridgehead atoms. The lowest BCUT2D eigenvalue weighted by Gasteiger charge is -1.97. The molecule has 1 aromatic heterocycles. The van der Waals surface area contributed by atoms with Crippen molar-refractivity contribution in [3.05, 3.63) is 23.8 Å². The lowest BCUT2D eigenvalue weighted by atomic mass is 10.4. The van der Waals surface area contributed by atoms with E-state index >= 15 is 0 Å². The Morgan fingerprint density at radius 1 is 1.90 bits per heavy atom. The van der Waals surface area contributed by atoms with E-state index in [-0.39, 0.29) is 0 Å². The van der Waals surface area contributed by atoms with Gasteiger partial charge in [0.15, 0.2) is 5.15 Å². The minimum absolute atomic E-state index is 0.525. The molecule has 0 fully saturated rings. The molecule has 0 aliphatic rings. The second kappa shape index (κ2) is 2.88. The highest BCUT2D eigenvalue weighted by Gasteiger charge is 2.01. The summed E-state index contributed by atoms with van der Waals surface area (Å²) in [5.74, 6) is 0. The normalized spacial score (nSPS) is 9.80. The maximum atomic E-state index is 5.72. The summed E-state index contributed by atoms with van der Waals surface area (Å²) in [6.45, 7) is 6.54. The second-order valence-corrected chi connectivity index (χ2v) is 2.27. The molecule has 0 atom stereocenters. The average molecular weight is 157 g/mol. The van der Waals surface area contributed by atoms with Crippen molar-refractivity contribution in [1.82, 2.24) is 9.55 Å². The van der Waals surface area contributed by atoms with Gasteiger partial charge in [-0.15, -0.1) is 0 Å². The SMILES string of the molecule is C=Cc1c(Cl)ncn1CC. The van der Waals surface area contributed by atoms with Crippen LogP contribution in [0.25, 0.3) is 6.08 Å². The van der Waals surface area contributed by atoms with Gasteiger partial charge in [-0.2, -0.15) is 0 Å². The monoisotopic (exact) mass is 156 g/mol. The highest BCUT2D eigenvalue weighted by molar-refractivity contribution is 6.30. The Morgan fingerprint density at radius 3 is 3.00 bits per heavy atom. The fraction of sp³-hybridized carbons (Fsp3) is 0.286. The van der Waals surface area contributed by atoms with Crippen LogP contribution in [0.2, 0.25) is 5.15 Å². The molecule has 0 N–H and O–H groups in total. The molecule has 0 aliphatic heterocycles. The summed E-state index contributed by atoms with van der Waals surface area (Å²) in [5, 5.41) is 0.525. The molecule has 0 aromatic carbocycles. The Bertz CT molecular complexity index is 240. The Labute approximate surface area is 65.1 Å². The highest BCUT2D eigenvalue weighted by Crippen LogP contribution is 2.13. The van der Waals surface area contributed by atoms with Gasteiger partial charge in [-0.1, -0.05) is 18.2 Å². The van der Waals surface area contributed by atoms with Crippen molar-refractivity contribution in [3.63, 3.8) is 0 Å². The van der Waals surface area contributed by atoms with Crippen molar-refractivity contribution in [2.45, 2.75) is 13.5 Å². The van der Waals surface area contributed by atoms with E-state index in [1.165, 1.54) is 0 Å². The van der Waals surface area contributed by atoms with E-state index in [9.17, 15) is 0 Å². The second-order valence-electron chi connectivity index (χ2n) is 1.91. The van der Waals surface area contributed by atoms with Gasteiger partial charge in [0.25, 0.3) is 0 Å². The maximum Gasteiger partial charge on any atom is 0.154 e. The van der Waals surface area contributed by atoms with Crippen molar-refractivity contribution in [2.24, 2.45) is 0 Å². The number of imidazole rings is 1. The molecule has 0 unspecified atom stereocenters. The molecule has 0 aliphatic carbocycles. The summed E-state index contributed by atoms with van der Waals surface area (Å²) < 4.78 is 1.94. The van der Waals surface area contributed by atoms with Crippen molar-refractivity contribution < 1.29 is 0 Å². The van der Waals surface area contributed by atoms with Gasteiger partial charge in [-0.05, 0) is 13.0 Å². The molecule has 10 heavy (non-hydrogen) atoms. The molecular formula is C7H9ClN2. The first-order valence-electron chi connectivity index (χ1n) is 3.12. The molecule has 0 saturated carbocycles. The lowest BCUT2D eigenvalue weighted by Crippen LogP contribution is -1.93. The Kier molecular flexibility index (Phi) is 2.12. The van der Waals surface area contributed by atoms with E-state index in [1.807, 2.05) is 11.5 Å². The van der Waals surface area contributed by atoms with Gasteiger partial charge in [0, 0.05) is 6.54 Å². The zero-order valence-electron chi connectivity index (χ0n) is 5.84. The molecule has 1 rings (SSSR count). The molecular weight excluding hydrogens is 148 g/mol. The number of aromatic nitrogens is 2. The van der Waals surface area contributed by atoms with Crippen molar-refractivity contribution in [1.29, 1.82) is 0 Å². The van der Waals surface area contributed by atoms with E-state index in [2.05, 4.69) is 11.6 Å². The smallest absolute Gasteiger partial charge is 0.154 e. The van der Waals surface area contributed by atoms with Crippen LogP contribution in [0.3, 0.4) is 0 Å². The van der Waals surface area contributed by atoms with E-state index in [0.29, 0.717) is 5.15 Å². The van der Waals surface area contributed by atoms with Gasteiger partial charge in [-0.25, -0.2) is 4.98 Å². The highest BCUT2D eigenvalue weighted by atomic mass is 35.5. The van der Waals surface area contributed by atoms with E-state index in [4.69, 9.17) is 11.6 Å². The van der Waals surface area contributed by atoms with Gasteiger partial charge in [0.05, 0.1) is 12.0 Å². The zero-order chi connectivity index (χ0) is 7.56. The van der Waals surface area contributed by atoms with Crippen LogP contribution < -0.4 is 0 Å². The minimum Gasteiger partial charge on any atom is -0.330 e. The number of aryl methyl sites for hydroxylation is 1. The molecule has 54 valence electrons. The van der Waals surface area contributed by atoms with E-state index in [1.54, 1.807) is 12.4 Å². The maximum absolute atomic E-state index is 5.72. The summed E-state index contributed by atoms with van der Waals surface area (Å²) in [5.41, 5.74) is 0.893. The number of halogens is 1. The molecule has 0 saturated heterocycles. The van der Waals surface area contributed by atoms with Gasteiger partial charge in [0.1, 0.15) is 0 Å². The molecule has 0 spiro atoms. The van der Waals surface area contributed by atoms with Crippen LogP contribution in [0, 0.1) is 0 Å². The summed E-state index contributed by atoms with van der Waals surface area (Å²) in [7, 11) is 0. The lowest BCUT2D eigenvalue weighted by molar-refractivity contribution is 0.755. The van der Waals surface area contributed by atoms with E-state index in [0.717, 1.165) is 12.2 Å². The van der Waals surface area contributed by atoms with Crippen LogP contribution in [0.1, 0.15) is 12.6 Å². The topological polar surface area (TPSA) is 17.8 Å². The number of hydrogen-bond acceptors (Lipinski definition) is 1. The first-order chi connectivity index (χ1) is 4.79. The first kappa shape index (κ1) is 7.35. The van der Waals surface area contributed by atoms with Crippen LogP contribution in [-0.2, 0) is 6.54 Å². The van der Waals surface area contributed by atoms with E-state index < -0.39 is 0 Å². The van der Waals surface area contributed by atoms with Gasteiger partial charge < -0.3 is 4.57 Å². The van der Waals surface area contributed by atoms with Crippen LogP contribution in [0.4, 0.5) is 0 Å². The predicted octanol–water partition coefficient (Wildman–Crippen LogP) is 2.20. The molecule has 0 amide bonds. The third-order valence-electron chi connectivity index (χ3n) is 1.37. The van der Waals surface area contributed by atoms with Crippen LogP contribution in [0.15, 0.2) is 12.9 Å². The van der Waals surface area contributed by atoms with Crippen molar-refractivity contribution in [2.75, 3.05) is 0 Å². The molecule has 0 radical (unpaired) electrons. The quantitative estimate of drug-likeness (QED) is 0.642. The van der Waals surface area contributed by atoms with Gasteiger partial charge in [0.2, 0.25) is 0 Å². The average Bonchev–Trinajstić information content (AvgIpc) is 2.30. The van der Waals surface area contributed by atoms with Crippen LogP contribution in [0.5, 0.6) is 0 Å². The fourth-order valence-electron chi connectivity index (χ4n) is 0.821. The minimum atomic E-state index is 0.525. The summed E-state index contributed by atoms with van der Waals surface area (Å²) >= 11 is 5.72. The third kappa shape index (κ3) is 1.07. The summed E-state index contributed by atoms with van der Waals surface area (Å²) in [6, 6.07) is 0. The number of hydrogen-bond donors (Lipinski definition) is 0. The Hall–Kier alpha value is -0.760. The zero-order valence-corrected chi connectivity index (χ0v) is 6.60. The van der Waals surface area contributed by atoms with Crippen LogP contribution in [-0.4, -0.2) is 9.55 Å². The Balaban J connectivity index is 3.12. The number of nitrogens with zero attached hydrogens (tertiary/aromatic N) is 2. The van der Waals surface area contributed by atoms with Gasteiger partial charge in [-0.3, -0.25) is 0 Å². The summed E-state index contributed by atoms with van der Waals surface area (Å²) in [4.78, 5) is 3.92. The third-order valence-corrected chi connectivity index (χ3v) is 1.66. The largest absolute Gasteiger partial charge is 0.330 e. The van der Waals surface area contributed by atoms with Gasteiger partial charge >= 0.3 is 0 Å². The molecule has 2 nitrogen and oxygen atoms in total. The van der Waals surface area contributed by atoms with Crippen molar-refractivity contribution >= 4 is 17.7 Å². The predicted molar refractivity (Wildman–Crippen MR) is 43.0 cm³/mol. The molecule has 3 heteroatoms.